The Balaban J connectivity index is 1.66. The predicted octanol–water partition coefficient (Wildman–Crippen LogP) is 4.75. The second-order valence-electron chi connectivity index (χ2n) is 6.29. The Hall–Kier alpha value is -4.46. The van der Waals surface area contributed by atoms with E-state index in [9.17, 15) is 19.7 Å². The molecule has 0 aliphatic rings. The number of benzene rings is 3. The Morgan fingerprint density at radius 3 is 2.47 bits per heavy atom. The number of nitro benzene ring substituents is 1. The summed E-state index contributed by atoms with van der Waals surface area (Å²) in [5, 5.41) is 13.9. The van der Waals surface area contributed by atoms with Crippen LogP contribution in [0.5, 0.6) is 11.5 Å². The van der Waals surface area contributed by atoms with E-state index in [0.29, 0.717) is 17.2 Å². The van der Waals surface area contributed by atoms with E-state index in [1.165, 1.54) is 24.3 Å². The Morgan fingerprint density at radius 2 is 1.70 bits per heavy atom. The fraction of sp³-hybridized carbons (Fsp3) is 0. The van der Waals surface area contributed by atoms with Crippen LogP contribution < -0.4 is 15.7 Å². The average molecular weight is 402 g/mol. The third kappa shape index (κ3) is 3.88. The van der Waals surface area contributed by atoms with Crippen molar-refractivity contribution in [3.05, 3.63) is 105 Å². The molecule has 1 heterocycles. The molecule has 0 aliphatic heterocycles. The van der Waals surface area contributed by atoms with Crippen LogP contribution in [0, 0.1) is 10.1 Å². The number of carbonyl (C=O) groups excluding carboxylic acids is 1. The van der Waals surface area contributed by atoms with Crippen molar-refractivity contribution in [3.63, 3.8) is 0 Å². The van der Waals surface area contributed by atoms with Crippen LogP contribution in [-0.4, -0.2) is 10.8 Å². The van der Waals surface area contributed by atoms with E-state index in [1.807, 2.05) is 18.2 Å². The Morgan fingerprint density at radius 1 is 0.967 bits per heavy atom. The number of non-ortho nitro benzene ring substituents is 1. The summed E-state index contributed by atoms with van der Waals surface area (Å²) in [6.07, 6.45) is 0. The van der Waals surface area contributed by atoms with Gasteiger partial charge in [0.1, 0.15) is 16.9 Å². The number of para-hydroxylation sites is 3. The second kappa shape index (κ2) is 7.88. The molecule has 1 amide bonds. The highest BCUT2D eigenvalue weighted by Gasteiger charge is 2.17. The monoisotopic (exact) mass is 402 g/mol. The van der Waals surface area contributed by atoms with Crippen LogP contribution in [0.4, 0.5) is 11.4 Å². The van der Waals surface area contributed by atoms with Gasteiger partial charge in [-0.25, -0.2) is 4.79 Å². The topological polar surface area (TPSA) is 112 Å². The van der Waals surface area contributed by atoms with Gasteiger partial charge in [-0.2, -0.15) is 0 Å². The number of nitro groups is 1. The second-order valence-corrected chi connectivity index (χ2v) is 6.29. The van der Waals surface area contributed by atoms with E-state index in [2.05, 4.69) is 5.32 Å². The lowest BCUT2D eigenvalue weighted by atomic mass is 10.1. The number of carbonyl (C=O) groups is 1. The van der Waals surface area contributed by atoms with Crippen molar-refractivity contribution >= 4 is 28.3 Å². The number of hydrogen-bond acceptors (Lipinski definition) is 6. The van der Waals surface area contributed by atoms with Gasteiger partial charge in [0.15, 0.2) is 5.75 Å². The summed E-state index contributed by atoms with van der Waals surface area (Å²) >= 11 is 0. The molecular weight excluding hydrogens is 388 g/mol. The first kappa shape index (κ1) is 18.9. The highest BCUT2D eigenvalue weighted by atomic mass is 16.6. The summed E-state index contributed by atoms with van der Waals surface area (Å²) in [6.45, 7) is 0. The first-order valence-electron chi connectivity index (χ1n) is 8.87. The number of rotatable bonds is 5. The van der Waals surface area contributed by atoms with Gasteiger partial charge in [0.05, 0.1) is 10.6 Å². The lowest BCUT2D eigenvalue weighted by Gasteiger charge is -2.12. The number of nitrogens with one attached hydrogen (secondary N) is 1. The van der Waals surface area contributed by atoms with Gasteiger partial charge in [-0.3, -0.25) is 14.9 Å². The minimum absolute atomic E-state index is 0.148. The van der Waals surface area contributed by atoms with Crippen LogP contribution in [-0.2, 0) is 0 Å². The molecule has 4 rings (SSSR count). The summed E-state index contributed by atoms with van der Waals surface area (Å²) in [5.74, 6) is 0.246. The molecule has 1 N–H and O–H groups in total. The fourth-order valence-corrected chi connectivity index (χ4v) is 2.85. The zero-order chi connectivity index (χ0) is 21.1. The zero-order valence-corrected chi connectivity index (χ0v) is 15.4. The molecule has 8 heteroatoms. The summed E-state index contributed by atoms with van der Waals surface area (Å²) in [5.41, 5.74) is -0.808. The number of fused-ring (bicyclic) bond motifs is 1. The number of ether oxygens (including phenoxy) is 1. The fourth-order valence-electron chi connectivity index (χ4n) is 2.85. The van der Waals surface area contributed by atoms with Crippen LogP contribution in [0.1, 0.15) is 10.4 Å². The molecule has 0 atom stereocenters. The quantitative estimate of drug-likeness (QED) is 0.293. The SMILES string of the molecule is O=C(Nc1ccccc1Oc1ccccc1)c1cc2cc([N+](=O)[O-])ccc2oc1=O. The van der Waals surface area contributed by atoms with Crippen molar-refractivity contribution in [2.24, 2.45) is 0 Å². The molecule has 30 heavy (non-hydrogen) atoms. The molecule has 0 spiro atoms. The van der Waals surface area contributed by atoms with Gasteiger partial charge < -0.3 is 14.5 Å². The predicted molar refractivity (Wildman–Crippen MR) is 110 cm³/mol. The zero-order valence-electron chi connectivity index (χ0n) is 15.4. The van der Waals surface area contributed by atoms with E-state index >= 15 is 0 Å². The largest absolute Gasteiger partial charge is 0.455 e. The van der Waals surface area contributed by atoms with Crippen molar-refractivity contribution in [2.45, 2.75) is 0 Å². The van der Waals surface area contributed by atoms with E-state index in [-0.39, 0.29) is 22.2 Å². The molecule has 0 unspecified atom stereocenters. The van der Waals surface area contributed by atoms with Gasteiger partial charge >= 0.3 is 5.63 Å². The van der Waals surface area contributed by atoms with Gasteiger partial charge in [0.25, 0.3) is 11.6 Å². The van der Waals surface area contributed by atoms with Gasteiger partial charge in [0, 0.05) is 17.5 Å². The molecule has 8 nitrogen and oxygen atoms in total. The summed E-state index contributed by atoms with van der Waals surface area (Å²) in [6, 6.07) is 20.8. The minimum atomic E-state index is -0.852. The maximum Gasteiger partial charge on any atom is 0.349 e. The lowest BCUT2D eigenvalue weighted by molar-refractivity contribution is -0.384. The molecule has 0 aliphatic carbocycles. The molecule has 0 saturated carbocycles. The molecular formula is C22H14N2O6. The highest BCUT2D eigenvalue weighted by Crippen LogP contribution is 2.29. The standard InChI is InChI=1S/C22H14N2O6/c25-21(17-13-14-12-15(24(27)28)10-11-19(14)30-22(17)26)23-18-8-4-5-9-20(18)29-16-6-2-1-3-7-16/h1-13H,(H,23,25). The summed E-state index contributed by atoms with van der Waals surface area (Å²) in [7, 11) is 0. The van der Waals surface area contributed by atoms with Crippen molar-refractivity contribution in [3.8, 4) is 11.5 Å². The normalized spacial score (nSPS) is 10.5. The molecule has 0 bridgehead atoms. The summed E-state index contributed by atoms with van der Waals surface area (Å²) in [4.78, 5) is 35.4. The smallest absolute Gasteiger partial charge is 0.349 e. The molecule has 148 valence electrons. The summed E-state index contributed by atoms with van der Waals surface area (Å²) < 4.78 is 10.9. The Bertz CT molecular complexity index is 1310. The third-order valence-corrected chi connectivity index (χ3v) is 4.28. The van der Waals surface area contributed by atoms with Gasteiger partial charge in [-0.15, -0.1) is 0 Å². The molecule has 0 saturated heterocycles. The molecule has 0 radical (unpaired) electrons. The molecule has 4 aromatic rings. The van der Waals surface area contributed by atoms with Gasteiger partial charge in [-0.1, -0.05) is 30.3 Å². The van der Waals surface area contributed by atoms with Crippen molar-refractivity contribution in [1.29, 1.82) is 0 Å². The van der Waals surface area contributed by atoms with Crippen LogP contribution in [0.15, 0.2) is 88.1 Å². The van der Waals surface area contributed by atoms with Crippen LogP contribution >= 0.6 is 0 Å². The van der Waals surface area contributed by atoms with E-state index in [1.54, 1.807) is 36.4 Å². The van der Waals surface area contributed by atoms with Gasteiger partial charge in [-0.05, 0) is 36.4 Å². The number of hydrogen-bond donors (Lipinski definition) is 1. The number of nitrogens with zero attached hydrogens (tertiary/aromatic N) is 1. The van der Waals surface area contributed by atoms with E-state index in [0.717, 1.165) is 0 Å². The van der Waals surface area contributed by atoms with Crippen molar-refractivity contribution in [2.75, 3.05) is 5.32 Å². The van der Waals surface area contributed by atoms with E-state index in [4.69, 9.17) is 9.15 Å². The molecule has 3 aromatic carbocycles. The Kier molecular flexibility index (Phi) is 4.96. The van der Waals surface area contributed by atoms with Crippen LogP contribution in [0.2, 0.25) is 0 Å². The average Bonchev–Trinajstić information content (AvgIpc) is 2.75. The lowest BCUT2D eigenvalue weighted by Crippen LogP contribution is -2.20. The van der Waals surface area contributed by atoms with Crippen molar-refractivity contribution in [1.82, 2.24) is 0 Å². The number of amides is 1. The first-order valence-corrected chi connectivity index (χ1v) is 8.87. The van der Waals surface area contributed by atoms with Crippen molar-refractivity contribution < 1.29 is 18.9 Å². The first-order chi connectivity index (χ1) is 14.5. The van der Waals surface area contributed by atoms with Crippen LogP contribution in [0.3, 0.4) is 0 Å². The minimum Gasteiger partial charge on any atom is -0.455 e. The molecule has 1 aromatic heterocycles. The maximum atomic E-state index is 12.7. The Labute approximate surface area is 169 Å². The highest BCUT2D eigenvalue weighted by molar-refractivity contribution is 6.06. The van der Waals surface area contributed by atoms with E-state index < -0.39 is 16.5 Å². The number of anilines is 1. The third-order valence-electron chi connectivity index (χ3n) is 4.28. The van der Waals surface area contributed by atoms with Crippen LogP contribution in [0.25, 0.3) is 11.0 Å². The van der Waals surface area contributed by atoms with Gasteiger partial charge in [0.2, 0.25) is 0 Å². The maximum absolute atomic E-state index is 12.7. The molecule has 0 fully saturated rings.